The van der Waals surface area contributed by atoms with Gasteiger partial charge in [0.2, 0.25) is 0 Å². The molecule has 0 bridgehead atoms. The third kappa shape index (κ3) is 2.53. The fraction of sp³-hybridized carbons (Fsp3) is 0.417. The van der Waals surface area contributed by atoms with Crippen LogP contribution in [-0.4, -0.2) is 11.5 Å². The third-order valence-electron chi connectivity index (χ3n) is 3.15. The number of nitro groups is 1. The minimum Gasteiger partial charge on any atom is -0.379 e. The second-order valence-corrected chi connectivity index (χ2v) is 4.45. The number of nitriles is 1. The van der Waals surface area contributed by atoms with Crippen LogP contribution in [0.15, 0.2) is 18.2 Å². The highest BCUT2D eigenvalue weighted by molar-refractivity contribution is 5.64. The second kappa shape index (κ2) is 4.42. The fourth-order valence-corrected chi connectivity index (χ4v) is 1.83. The van der Waals surface area contributed by atoms with Crippen molar-refractivity contribution < 1.29 is 4.92 Å². The average Bonchev–Trinajstić information content (AvgIpc) is 3.02. The van der Waals surface area contributed by atoms with Crippen LogP contribution >= 0.6 is 0 Å². The lowest BCUT2D eigenvalue weighted by molar-refractivity contribution is -0.384. The molecule has 1 aliphatic rings. The van der Waals surface area contributed by atoms with Crippen LogP contribution in [-0.2, 0) is 0 Å². The van der Waals surface area contributed by atoms with Gasteiger partial charge in [0.15, 0.2) is 0 Å². The quantitative estimate of drug-likeness (QED) is 0.637. The molecule has 1 aromatic carbocycles. The molecule has 0 saturated heterocycles. The number of anilines is 1. The minimum atomic E-state index is -0.431. The summed E-state index contributed by atoms with van der Waals surface area (Å²) in [7, 11) is 0. The van der Waals surface area contributed by atoms with E-state index in [2.05, 4.69) is 12.2 Å². The lowest BCUT2D eigenvalue weighted by Gasteiger charge is -2.06. The van der Waals surface area contributed by atoms with Gasteiger partial charge in [0.05, 0.1) is 16.6 Å². The summed E-state index contributed by atoms with van der Waals surface area (Å²) in [6.45, 7) is 2.89. The van der Waals surface area contributed by atoms with E-state index in [0.717, 1.165) is 6.54 Å². The maximum absolute atomic E-state index is 10.8. The summed E-state index contributed by atoms with van der Waals surface area (Å²) in [5.74, 6) is 1.29. The van der Waals surface area contributed by atoms with E-state index in [-0.39, 0.29) is 5.69 Å². The van der Waals surface area contributed by atoms with Crippen molar-refractivity contribution in [2.45, 2.75) is 13.3 Å². The van der Waals surface area contributed by atoms with Crippen molar-refractivity contribution in [2.75, 3.05) is 11.9 Å². The molecule has 2 unspecified atom stereocenters. The molecule has 88 valence electrons. The Morgan fingerprint density at radius 3 is 2.88 bits per heavy atom. The Balaban J connectivity index is 2.16. The molecular formula is C12H13N3O2. The van der Waals surface area contributed by atoms with E-state index < -0.39 is 4.92 Å². The van der Waals surface area contributed by atoms with Gasteiger partial charge in [-0.1, -0.05) is 6.92 Å². The number of nitrogens with one attached hydrogen (secondary N) is 1. The Morgan fingerprint density at radius 1 is 1.65 bits per heavy atom. The van der Waals surface area contributed by atoms with Crippen molar-refractivity contribution in [1.29, 1.82) is 5.26 Å². The predicted molar refractivity (Wildman–Crippen MR) is 63.6 cm³/mol. The van der Waals surface area contributed by atoms with Crippen LogP contribution in [0.4, 0.5) is 11.4 Å². The van der Waals surface area contributed by atoms with E-state index in [9.17, 15) is 10.1 Å². The standard InChI is InChI=1S/C12H13N3O2/c1-8-4-10(8)7-14-11-5-9(6-13)2-3-12(11)15(16)17/h2-3,5,8,10,14H,4,7H2,1H3. The highest BCUT2D eigenvalue weighted by atomic mass is 16.6. The monoisotopic (exact) mass is 231 g/mol. The SMILES string of the molecule is CC1CC1CNc1cc(C#N)ccc1[N+](=O)[O-]. The fourth-order valence-electron chi connectivity index (χ4n) is 1.83. The van der Waals surface area contributed by atoms with Crippen molar-refractivity contribution in [2.24, 2.45) is 11.8 Å². The van der Waals surface area contributed by atoms with Gasteiger partial charge < -0.3 is 5.32 Å². The Bertz CT molecular complexity index is 493. The zero-order valence-electron chi connectivity index (χ0n) is 9.51. The predicted octanol–water partition coefficient (Wildman–Crippen LogP) is 2.53. The molecule has 2 atom stereocenters. The molecule has 0 radical (unpaired) electrons. The molecule has 1 aromatic rings. The van der Waals surface area contributed by atoms with Gasteiger partial charge >= 0.3 is 0 Å². The van der Waals surface area contributed by atoms with Crippen molar-refractivity contribution in [1.82, 2.24) is 0 Å². The van der Waals surface area contributed by atoms with Crippen molar-refractivity contribution in [3.05, 3.63) is 33.9 Å². The molecule has 0 aliphatic heterocycles. The highest BCUT2D eigenvalue weighted by Gasteiger charge is 2.32. The molecular weight excluding hydrogens is 218 g/mol. The van der Waals surface area contributed by atoms with Crippen LogP contribution in [0.1, 0.15) is 18.9 Å². The van der Waals surface area contributed by atoms with Crippen LogP contribution in [0.25, 0.3) is 0 Å². The lowest BCUT2D eigenvalue weighted by atomic mass is 10.2. The van der Waals surface area contributed by atoms with Gasteiger partial charge in [0, 0.05) is 12.6 Å². The van der Waals surface area contributed by atoms with E-state index in [1.165, 1.54) is 24.6 Å². The second-order valence-electron chi connectivity index (χ2n) is 4.45. The Morgan fingerprint density at radius 2 is 2.35 bits per heavy atom. The van der Waals surface area contributed by atoms with Crippen LogP contribution in [0.3, 0.4) is 0 Å². The van der Waals surface area contributed by atoms with Gasteiger partial charge in [-0.15, -0.1) is 0 Å². The summed E-state index contributed by atoms with van der Waals surface area (Å²) in [6.07, 6.45) is 1.17. The summed E-state index contributed by atoms with van der Waals surface area (Å²) in [4.78, 5) is 10.4. The van der Waals surface area contributed by atoms with Crippen molar-refractivity contribution in [3.63, 3.8) is 0 Å². The van der Waals surface area contributed by atoms with Crippen molar-refractivity contribution in [3.8, 4) is 6.07 Å². The molecule has 5 nitrogen and oxygen atoms in total. The maximum atomic E-state index is 10.8. The number of hydrogen-bond donors (Lipinski definition) is 1. The first-order valence-electron chi connectivity index (χ1n) is 5.54. The molecule has 0 aromatic heterocycles. The lowest BCUT2D eigenvalue weighted by Crippen LogP contribution is -2.06. The van der Waals surface area contributed by atoms with E-state index in [0.29, 0.717) is 23.1 Å². The minimum absolute atomic E-state index is 0.0253. The van der Waals surface area contributed by atoms with E-state index >= 15 is 0 Å². The third-order valence-corrected chi connectivity index (χ3v) is 3.15. The zero-order valence-corrected chi connectivity index (χ0v) is 9.51. The first-order valence-corrected chi connectivity index (χ1v) is 5.54. The molecule has 0 amide bonds. The number of rotatable bonds is 4. The van der Waals surface area contributed by atoms with E-state index in [4.69, 9.17) is 5.26 Å². The van der Waals surface area contributed by atoms with Gasteiger partial charge in [-0.05, 0) is 30.4 Å². The summed E-state index contributed by atoms with van der Waals surface area (Å²) >= 11 is 0. The van der Waals surface area contributed by atoms with Crippen molar-refractivity contribution >= 4 is 11.4 Å². The first-order chi connectivity index (χ1) is 8.11. The molecule has 0 spiro atoms. The van der Waals surface area contributed by atoms with Crippen LogP contribution in [0.2, 0.25) is 0 Å². The largest absolute Gasteiger partial charge is 0.379 e. The van der Waals surface area contributed by atoms with Gasteiger partial charge in [-0.3, -0.25) is 10.1 Å². The van der Waals surface area contributed by atoms with Crippen LogP contribution in [0, 0.1) is 33.3 Å². The molecule has 0 heterocycles. The number of benzene rings is 1. The average molecular weight is 231 g/mol. The number of nitro benzene ring substituents is 1. The summed E-state index contributed by atoms with van der Waals surface area (Å²) in [5.41, 5.74) is 0.896. The molecule has 1 fully saturated rings. The smallest absolute Gasteiger partial charge is 0.292 e. The molecule has 2 rings (SSSR count). The highest BCUT2D eigenvalue weighted by Crippen LogP contribution is 2.38. The van der Waals surface area contributed by atoms with Gasteiger partial charge in [-0.2, -0.15) is 5.26 Å². The van der Waals surface area contributed by atoms with Gasteiger partial charge in [0.1, 0.15) is 5.69 Å². The number of nitrogens with zero attached hydrogens (tertiary/aromatic N) is 2. The number of hydrogen-bond acceptors (Lipinski definition) is 4. The summed E-state index contributed by atoms with van der Waals surface area (Å²) in [5, 5.41) is 22.7. The van der Waals surface area contributed by atoms with Crippen LogP contribution in [0.5, 0.6) is 0 Å². The van der Waals surface area contributed by atoms with E-state index in [1.54, 1.807) is 0 Å². The molecule has 17 heavy (non-hydrogen) atoms. The molecule has 1 aliphatic carbocycles. The Kier molecular flexibility index (Phi) is 2.96. The van der Waals surface area contributed by atoms with E-state index in [1.807, 2.05) is 6.07 Å². The molecule has 1 N–H and O–H groups in total. The molecule has 1 saturated carbocycles. The first kappa shape index (κ1) is 11.4. The summed E-state index contributed by atoms with van der Waals surface area (Å²) < 4.78 is 0. The normalized spacial score (nSPS) is 21.6. The van der Waals surface area contributed by atoms with Gasteiger partial charge in [0.25, 0.3) is 5.69 Å². The topological polar surface area (TPSA) is 79.0 Å². The Hall–Kier alpha value is -2.09. The Labute approximate surface area is 99.2 Å². The van der Waals surface area contributed by atoms with Gasteiger partial charge in [-0.25, -0.2) is 0 Å². The molecule has 5 heteroatoms. The van der Waals surface area contributed by atoms with Crippen LogP contribution < -0.4 is 5.32 Å². The zero-order chi connectivity index (χ0) is 12.4. The maximum Gasteiger partial charge on any atom is 0.292 e. The summed E-state index contributed by atoms with van der Waals surface area (Å²) in [6, 6.07) is 6.35.